The van der Waals surface area contributed by atoms with Crippen LogP contribution in [0.4, 0.5) is 0 Å². The fraction of sp³-hybridized carbons (Fsp3) is 0.300. The number of carbonyl (C=O) groups excluding carboxylic acids is 1. The second-order valence-corrected chi connectivity index (χ2v) is 8.34. The van der Waals surface area contributed by atoms with Crippen LogP contribution in [0.1, 0.15) is 11.1 Å². The Labute approximate surface area is 173 Å². The van der Waals surface area contributed by atoms with Gasteiger partial charge in [-0.15, -0.1) is 0 Å². The van der Waals surface area contributed by atoms with Gasteiger partial charge in [0.1, 0.15) is 4.32 Å². The van der Waals surface area contributed by atoms with E-state index in [9.17, 15) is 4.79 Å². The van der Waals surface area contributed by atoms with Gasteiger partial charge in [-0.25, -0.2) is 0 Å². The highest BCUT2D eigenvalue weighted by atomic mass is 35.5. The van der Waals surface area contributed by atoms with Crippen LogP contribution < -0.4 is 9.47 Å². The molecule has 2 aromatic rings. The Balaban J connectivity index is 1.70. The van der Waals surface area contributed by atoms with E-state index in [4.69, 9.17) is 33.3 Å². The Kier molecular flexibility index (Phi) is 6.63. The van der Waals surface area contributed by atoms with E-state index in [1.54, 1.807) is 25.2 Å². The molecule has 0 bridgehead atoms. The lowest BCUT2D eigenvalue weighted by Gasteiger charge is -2.16. The number of methoxy groups -OCH3 is 2. The van der Waals surface area contributed by atoms with E-state index in [1.807, 2.05) is 24.3 Å². The molecule has 1 atom stereocenters. The third-order valence-corrected chi connectivity index (χ3v) is 6.37. The molecule has 0 radical (unpaired) electrons. The summed E-state index contributed by atoms with van der Waals surface area (Å²) < 4.78 is 11.2. The van der Waals surface area contributed by atoms with Crippen molar-refractivity contribution in [3.8, 4) is 11.5 Å². The van der Waals surface area contributed by atoms with Crippen molar-refractivity contribution in [2.45, 2.75) is 18.1 Å². The Hall–Kier alpha value is -1.76. The number of thiocarbonyl (C=S) groups is 1. The molecular formula is C20H20ClNO3S2. The van der Waals surface area contributed by atoms with Crippen molar-refractivity contribution >= 4 is 45.8 Å². The number of hydrogen-bond acceptors (Lipinski definition) is 5. The van der Waals surface area contributed by atoms with E-state index in [-0.39, 0.29) is 11.2 Å². The standard InChI is InChI=1S/C20H20ClNO3S2/c1-24-16-10-14(15(21)12-17(16)25-2)11-18-19(23)22(20(26)27-18)9-8-13-6-4-3-5-7-13/h3-7,10,12,18H,8-9,11H2,1-2H3/t18-/m0/s1. The second-order valence-electron chi connectivity index (χ2n) is 6.10. The molecule has 1 saturated heterocycles. The van der Waals surface area contributed by atoms with Crippen LogP contribution >= 0.6 is 35.6 Å². The SMILES string of the molecule is COc1cc(Cl)c(C[C@@H]2SC(=S)N(CCc3ccccc3)C2=O)cc1OC. The molecule has 142 valence electrons. The summed E-state index contributed by atoms with van der Waals surface area (Å²) >= 11 is 13.2. The van der Waals surface area contributed by atoms with E-state index in [0.717, 1.165) is 12.0 Å². The minimum absolute atomic E-state index is 0.0341. The van der Waals surface area contributed by atoms with Crippen molar-refractivity contribution in [1.82, 2.24) is 4.90 Å². The number of benzene rings is 2. The van der Waals surface area contributed by atoms with Crippen LogP contribution in [0.15, 0.2) is 42.5 Å². The van der Waals surface area contributed by atoms with Crippen LogP contribution in [-0.4, -0.2) is 41.1 Å². The number of hydrogen-bond donors (Lipinski definition) is 0. The number of nitrogens with zero attached hydrogens (tertiary/aromatic N) is 1. The van der Waals surface area contributed by atoms with Crippen LogP contribution in [0, 0.1) is 0 Å². The van der Waals surface area contributed by atoms with Crippen LogP contribution in [0.2, 0.25) is 5.02 Å². The number of carbonyl (C=O) groups is 1. The first-order chi connectivity index (χ1) is 13.0. The maximum Gasteiger partial charge on any atom is 0.241 e. The molecule has 1 amide bonds. The van der Waals surface area contributed by atoms with E-state index >= 15 is 0 Å². The minimum Gasteiger partial charge on any atom is -0.493 e. The van der Waals surface area contributed by atoms with Crippen LogP contribution in [0.3, 0.4) is 0 Å². The molecule has 1 heterocycles. The number of thioether (sulfide) groups is 1. The zero-order valence-corrected chi connectivity index (χ0v) is 17.5. The highest BCUT2D eigenvalue weighted by Crippen LogP contribution is 2.37. The molecule has 4 nitrogen and oxygen atoms in total. The van der Waals surface area contributed by atoms with Gasteiger partial charge >= 0.3 is 0 Å². The number of amides is 1. The van der Waals surface area contributed by atoms with Gasteiger partial charge in [-0.05, 0) is 30.0 Å². The molecule has 7 heteroatoms. The van der Waals surface area contributed by atoms with Gasteiger partial charge in [0.15, 0.2) is 11.5 Å². The van der Waals surface area contributed by atoms with Gasteiger partial charge in [0.05, 0.1) is 19.5 Å². The van der Waals surface area contributed by atoms with Gasteiger partial charge < -0.3 is 9.47 Å². The lowest BCUT2D eigenvalue weighted by Crippen LogP contribution is -2.33. The zero-order chi connectivity index (χ0) is 19.4. The van der Waals surface area contributed by atoms with Crippen molar-refractivity contribution in [1.29, 1.82) is 0 Å². The second kappa shape index (κ2) is 8.95. The van der Waals surface area contributed by atoms with Crippen LogP contribution in [0.5, 0.6) is 11.5 Å². The molecule has 1 aliphatic rings. The summed E-state index contributed by atoms with van der Waals surface area (Å²) in [6.45, 7) is 0.588. The third-order valence-electron chi connectivity index (χ3n) is 4.43. The monoisotopic (exact) mass is 421 g/mol. The van der Waals surface area contributed by atoms with Gasteiger partial charge in [-0.2, -0.15) is 0 Å². The molecule has 2 aromatic carbocycles. The van der Waals surface area contributed by atoms with E-state index in [0.29, 0.717) is 33.8 Å². The predicted octanol–water partition coefficient (Wildman–Crippen LogP) is 4.37. The lowest BCUT2D eigenvalue weighted by molar-refractivity contribution is -0.126. The van der Waals surface area contributed by atoms with Crippen LogP contribution in [0.25, 0.3) is 0 Å². The summed E-state index contributed by atoms with van der Waals surface area (Å²) in [5.41, 5.74) is 2.03. The van der Waals surface area contributed by atoms with Crippen molar-refractivity contribution in [3.05, 3.63) is 58.6 Å². The molecule has 1 aliphatic heterocycles. The lowest BCUT2D eigenvalue weighted by atomic mass is 10.1. The molecule has 0 saturated carbocycles. The molecule has 1 fully saturated rings. The van der Waals surface area contributed by atoms with Gasteiger partial charge in [-0.1, -0.05) is 65.9 Å². The van der Waals surface area contributed by atoms with Crippen molar-refractivity contribution < 1.29 is 14.3 Å². The van der Waals surface area contributed by atoms with E-state index in [1.165, 1.54) is 17.3 Å². The molecule has 0 spiro atoms. The first kappa shape index (κ1) is 20.0. The molecule has 0 aliphatic carbocycles. The fourth-order valence-corrected chi connectivity index (χ4v) is 4.77. The Morgan fingerprint density at radius 3 is 2.48 bits per heavy atom. The zero-order valence-electron chi connectivity index (χ0n) is 15.1. The summed E-state index contributed by atoms with van der Waals surface area (Å²) in [5, 5.41) is 0.276. The summed E-state index contributed by atoms with van der Waals surface area (Å²) in [6, 6.07) is 13.6. The molecular weight excluding hydrogens is 402 g/mol. The van der Waals surface area contributed by atoms with Gasteiger partial charge in [0, 0.05) is 17.6 Å². The summed E-state index contributed by atoms with van der Waals surface area (Å²) in [5.74, 6) is 1.19. The number of halogens is 1. The maximum atomic E-state index is 12.8. The van der Waals surface area contributed by atoms with Crippen molar-refractivity contribution in [3.63, 3.8) is 0 Å². The quantitative estimate of drug-likeness (QED) is 0.620. The number of ether oxygens (including phenoxy) is 2. The largest absolute Gasteiger partial charge is 0.493 e. The Bertz CT molecular complexity index is 845. The molecule has 27 heavy (non-hydrogen) atoms. The number of rotatable bonds is 7. The molecule has 0 aromatic heterocycles. The first-order valence-corrected chi connectivity index (χ1v) is 10.2. The molecule has 0 unspecified atom stereocenters. The summed E-state index contributed by atoms with van der Waals surface area (Å²) in [4.78, 5) is 14.5. The molecule has 3 rings (SSSR count). The predicted molar refractivity (Wildman–Crippen MR) is 114 cm³/mol. The third kappa shape index (κ3) is 4.57. The van der Waals surface area contributed by atoms with Crippen LogP contribution in [-0.2, 0) is 17.6 Å². The fourth-order valence-electron chi connectivity index (χ4n) is 2.97. The maximum absolute atomic E-state index is 12.8. The van der Waals surface area contributed by atoms with Gasteiger partial charge in [0.2, 0.25) is 5.91 Å². The van der Waals surface area contributed by atoms with Gasteiger partial charge in [-0.3, -0.25) is 9.69 Å². The van der Waals surface area contributed by atoms with E-state index < -0.39 is 0 Å². The van der Waals surface area contributed by atoms with E-state index in [2.05, 4.69) is 12.1 Å². The Morgan fingerprint density at radius 2 is 1.81 bits per heavy atom. The highest BCUT2D eigenvalue weighted by Gasteiger charge is 2.37. The minimum atomic E-state index is -0.274. The average molecular weight is 422 g/mol. The van der Waals surface area contributed by atoms with Crippen molar-refractivity contribution in [2.24, 2.45) is 0 Å². The Morgan fingerprint density at radius 1 is 1.15 bits per heavy atom. The summed E-state index contributed by atoms with van der Waals surface area (Å²) in [6.07, 6.45) is 1.27. The highest BCUT2D eigenvalue weighted by molar-refractivity contribution is 8.24. The van der Waals surface area contributed by atoms with Crippen molar-refractivity contribution in [2.75, 3.05) is 20.8 Å². The molecule has 0 N–H and O–H groups in total. The first-order valence-electron chi connectivity index (χ1n) is 8.49. The smallest absolute Gasteiger partial charge is 0.241 e. The van der Waals surface area contributed by atoms with Gasteiger partial charge in [0.25, 0.3) is 0 Å². The topological polar surface area (TPSA) is 38.8 Å². The average Bonchev–Trinajstić information content (AvgIpc) is 2.95. The normalized spacial score (nSPS) is 16.7. The summed E-state index contributed by atoms with van der Waals surface area (Å²) in [7, 11) is 3.14.